The topological polar surface area (TPSA) is 98.9 Å². The molecule has 1 saturated heterocycles. The number of rotatable bonds is 6. The second-order valence-corrected chi connectivity index (χ2v) is 9.96. The number of hydrogen-bond donors (Lipinski definition) is 2. The molecule has 6 rings (SSSR count). The number of piperazine rings is 1. The number of pyridine rings is 1. The van der Waals surface area contributed by atoms with Crippen molar-refractivity contribution in [2.45, 2.75) is 6.54 Å². The molecule has 1 fully saturated rings. The molecule has 194 valence electrons. The molecule has 0 spiro atoms. The van der Waals surface area contributed by atoms with Gasteiger partial charge in [0.25, 0.3) is 6.47 Å². The number of nitrogens with zero attached hydrogens (tertiary/aromatic N) is 6. The Morgan fingerprint density at radius 2 is 1.76 bits per heavy atom. The lowest BCUT2D eigenvalue weighted by atomic mass is 10.0. The Balaban J connectivity index is 0.000000937. The van der Waals surface area contributed by atoms with Gasteiger partial charge in [0.15, 0.2) is 0 Å². The third-order valence-corrected chi connectivity index (χ3v) is 7.15. The fourth-order valence-electron chi connectivity index (χ4n) is 4.59. The maximum atomic E-state index is 8.36. The van der Waals surface area contributed by atoms with Crippen LogP contribution in [0.2, 0.25) is 0 Å². The fourth-order valence-corrected chi connectivity index (χ4v) is 5.06. The number of anilines is 2. The van der Waals surface area contributed by atoms with E-state index in [4.69, 9.17) is 14.9 Å². The Labute approximate surface area is 225 Å². The van der Waals surface area contributed by atoms with E-state index in [1.807, 2.05) is 18.3 Å². The van der Waals surface area contributed by atoms with Crippen LogP contribution in [0, 0.1) is 0 Å². The summed E-state index contributed by atoms with van der Waals surface area (Å²) in [5.74, 6) is 0. The van der Waals surface area contributed by atoms with Crippen molar-refractivity contribution in [1.82, 2.24) is 29.4 Å². The summed E-state index contributed by atoms with van der Waals surface area (Å²) in [4.78, 5) is 18.0. The number of nitrogens with one attached hydrogen (secondary N) is 1. The van der Waals surface area contributed by atoms with Crippen molar-refractivity contribution in [3.8, 4) is 22.4 Å². The second-order valence-electron chi connectivity index (χ2n) is 9.12. The van der Waals surface area contributed by atoms with Crippen LogP contribution in [0.3, 0.4) is 0 Å². The first-order valence-electron chi connectivity index (χ1n) is 12.3. The van der Waals surface area contributed by atoms with Gasteiger partial charge in [-0.05, 0) is 54.1 Å². The first kappa shape index (κ1) is 25.5. The molecule has 10 heteroatoms. The number of carboxylic acid groups (broad SMARTS) is 1. The Morgan fingerprint density at radius 3 is 2.55 bits per heavy atom. The van der Waals surface area contributed by atoms with E-state index in [0.717, 1.165) is 60.4 Å². The van der Waals surface area contributed by atoms with Gasteiger partial charge in [-0.3, -0.25) is 14.1 Å². The fraction of sp³-hybridized carbons (Fsp3) is 0.214. The lowest BCUT2D eigenvalue weighted by Gasteiger charge is -2.32. The van der Waals surface area contributed by atoms with E-state index in [2.05, 4.69) is 91.5 Å². The molecule has 0 bridgehead atoms. The standard InChI is InChI=1S/C27H27N7S.CH2O2/c1-32-10-12-33(13-11-32)18-20-4-2-5-21(14-20)22-8-9-34-25(17-28-26(34)16-22)23-6-3-7-24(15-23)30-27-31-29-19-35-27;2-1-3/h2-9,14-17,19H,10-13,18H2,1H3,(H,30,31);1H,(H,2,3). The largest absolute Gasteiger partial charge is 0.483 e. The molecule has 4 heterocycles. The lowest BCUT2D eigenvalue weighted by Crippen LogP contribution is -2.43. The Kier molecular flexibility index (Phi) is 8.03. The number of carbonyl (C=O) groups is 1. The van der Waals surface area contributed by atoms with Gasteiger partial charge in [0.1, 0.15) is 11.2 Å². The van der Waals surface area contributed by atoms with Crippen molar-refractivity contribution in [3.05, 3.63) is 84.1 Å². The lowest BCUT2D eigenvalue weighted by molar-refractivity contribution is -0.122. The number of hydrogen-bond acceptors (Lipinski definition) is 8. The molecular formula is C28H29N7O2S. The number of aromatic nitrogens is 4. The van der Waals surface area contributed by atoms with Crippen LogP contribution in [0.25, 0.3) is 28.0 Å². The van der Waals surface area contributed by atoms with Crippen LogP contribution in [0.15, 0.2) is 78.6 Å². The van der Waals surface area contributed by atoms with E-state index in [9.17, 15) is 0 Å². The summed E-state index contributed by atoms with van der Waals surface area (Å²) in [6.07, 6.45) is 4.05. The maximum Gasteiger partial charge on any atom is 0.290 e. The van der Waals surface area contributed by atoms with Crippen LogP contribution < -0.4 is 5.32 Å². The summed E-state index contributed by atoms with van der Waals surface area (Å²) in [5, 5.41) is 18.9. The number of fused-ring (bicyclic) bond motifs is 1. The highest BCUT2D eigenvalue weighted by atomic mass is 32.1. The summed E-state index contributed by atoms with van der Waals surface area (Å²) >= 11 is 1.48. The molecule has 0 saturated carbocycles. The van der Waals surface area contributed by atoms with Crippen LogP contribution in [0.4, 0.5) is 10.8 Å². The highest BCUT2D eigenvalue weighted by molar-refractivity contribution is 7.13. The van der Waals surface area contributed by atoms with Crippen LogP contribution in [0.1, 0.15) is 5.56 Å². The Morgan fingerprint density at radius 1 is 1.00 bits per heavy atom. The van der Waals surface area contributed by atoms with Gasteiger partial charge in [-0.2, -0.15) is 0 Å². The molecule has 0 aliphatic carbocycles. The SMILES string of the molecule is CN1CCN(Cc2cccc(-c3ccn4c(-c5cccc(Nc6nncs6)c5)cnc4c3)c2)CC1.O=CO. The Bertz CT molecular complexity index is 1490. The average molecular weight is 528 g/mol. The molecule has 1 aliphatic rings. The van der Waals surface area contributed by atoms with E-state index in [0.29, 0.717) is 0 Å². The van der Waals surface area contributed by atoms with E-state index < -0.39 is 0 Å². The van der Waals surface area contributed by atoms with Gasteiger partial charge in [0.2, 0.25) is 5.13 Å². The molecule has 0 radical (unpaired) electrons. The molecule has 9 nitrogen and oxygen atoms in total. The molecule has 3 aromatic heterocycles. The van der Waals surface area contributed by atoms with E-state index in [-0.39, 0.29) is 6.47 Å². The minimum Gasteiger partial charge on any atom is -0.483 e. The van der Waals surface area contributed by atoms with Gasteiger partial charge < -0.3 is 15.3 Å². The highest BCUT2D eigenvalue weighted by Crippen LogP contribution is 2.28. The molecule has 5 aromatic rings. The van der Waals surface area contributed by atoms with Crippen molar-refractivity contribution < 1.29 is 9.90 Å². The first-order valence-corrected chi connectivity index (χ1v) is 13.2. The molecule has 0 unspecified atom stereocenters. The molecule has 0 atom stereocenters. The minimum absolute atomic E-state index is 0.250. The van der Waals surface area contributed by atoms with Crippen LogP contribution in [-0.2, 0) is 11.3 Å². The smallest absolute Gasteiger partial charge is 0.290 e. The van der Waals surface area contributed by atoms with Crippen molar-refractivity contribution >= 4 is 34.3 Å². The minimum atomic E-state index is -0.250. The summed E-state index contributed by atoms with van der Waals surface area (Å²) in [7, 11) is 2.20. The van der Waals surface area contributed by atoms with E-state index >= 15 is 0 Å². The van der Waals surface area contributed by atoms with Crippen molar-refractivity contribution in [3.63, 3.8) is 0 Å². The number of likely N-dealkylation sites (N-methyl/N-ethyl adjacent to an activating group) is 1. The summed E-state index contributed by atoms with van der Waals surface area (Å²) in [5.41, 5.74) is 9.54. The van der Waals surface area contributed by atoms with Gasteiger partial charge in [0, 0.05) is 50.2 Å². The normalized spacial score (nSPS) is 14.1. The zero-order valence-electron chi connectivity index (χ0n) is 21.1. The summed E-state index contributed by atoms with van der Waals surface area (Å²) < 4.78 is 2.14. The summed E-state index contributed by atoms with van der Waals surface area (Å²) in [6.45, 7) is 5.28. The van der Waals surface area contributed by atoms with Crippen LogP contribution in [0.5, 0.6) is 0 Å². The predicted octanol–water partition coefficient (Wildman–Crippen LogP) is 4.71. The summed E-state index contributed by atoms with van der Waals surface area (Å²) in [6, 6.07) is 21.5. The van der Waals surface area contributed by atoms with E-state index in [1.165, 1.54) is 28.0 Å². The quantitative estimate of drug-likeness (QED) is 0.306. The van der Waals surface area contributed by atoms with Gasteiger partial charge in [-0.15, -0.1) is 10.2 Å². The highest BCUT2D eigenvalue weighted by Gasteiger charge is 2.14. The van der Waals surface area contributed by atoms with Gasteiger partial charge in [-0.25, -0.2) is 4.98 Å². The molecular weight excluding hydrogens is 498 g/mol. The third-order valence-electron chi connectivity index (χ3n) is 6.55. The molecule has 38 heavy (non-hydrogen) atoms. The molecule has 0 amide bonds. The van der Waals surface area contributed by atoms with Gasteiger partial charge in [0.05, 0.1) is 11.9 Å². The second kappa shape index (κ2) is 12.0. The monoisotopic (exact) mass is 527 g/mol. The maximum absolute atomic E-state index is 8.36. The zero-order chi connectivity index (χ0) is 26.3. The first-order chi connectivity index (χ1) is 18.6. The van der Waals surface area contributed by atoms with Crippen molar-refractivity contribution in [1.29, 1.82) is 0 Å². The average Bonchev–Trinajstić information content (AvgIpc) is 3.60. The van der Waals surface area contributed by atoms with Gasteiger partial charge >= 0.3 is 0 Å². The van der Waals surface area contributed by atoms with Crippen LogP contribution in [-0.4, -0.2) is 74.2 Å². The number of imidazole rings is 1. The number of benzene rings is 2. The predicted molar refractivity (Wildman–Crippen MR) is 151 cm³/mol. The molecule has 1 aliphatic heterocycles. The Hall–Kier alpha value is -4.12. The third kappa shape index (κ3) is 6.05. The van der Waals surface area contributed by atoms with Gasteiger partial charge in [-0.1, -0.05) is 41.7 Å². The van der Waals surface area contributed by atoms with Crippen molar-refractivity contribution in [2.24, 2.45) is 0 Å². The molecule has 2 aromatic carbocycles. The molecule has 2 N–H and O–H groups in total. The van der Waals surface area contributed by atoms with Crippen molar-refractivity contribution in [2.75, 3.05) is 38.5 Å². The zero-order valence-corrected chi connectivity index (χ0v) is 21.9. The van der Waals surface area contributed by atoms with Crippen LogP contribution >= 0.6 is 11.3 Å². The van der Waals surface area contributed by atoms with E-state index in [1.54, 1.807) is 5.51 Å².